The summed E-state index contributed by atoms with van der Waals surface area (Å²) >= 11 is 0. The number of rotatable bonds is 5. The second kappa shape index (κ2) is 5.58. The molecule has 0 aromatic heterocycles. The van der Waals surface area contributed by atoms with Crippen LogP contribution < -0.4 is 5.32 Å². The molecule has 1 saturated carbocycles. The van der Waals surface area contributed by atoms with Crippen molar-refractivity contribution in [3.63, 3.8) is 0 Å². The molecule has 0 spiro atoms. The van der Waals surface area contributed by atoms with Crippen LogP contribution in [-0.4, -0.2) is 35.0 Å². The summed E-state index contributed by atoms with van der Waals surface area (Å²) in [7, 11) is 0. The topological polar surface area (TPSA) is 52.5 Å². The summed E-state index contributed by atoms with van der Waals surface area (Å²) in [5, 5.41) is 22.1. The van der Waals surface area contributed by atoms with Crippen LogP contribution in [0.4, 0.5) is 0 Å². The van der Waals surface area contributed by atoms with Crippen LogP contribution in [0, 0.1) is 0 Å². The Labute approximate surface area is 80.2 Å². The van der Waals surface area contributed by atoms with Crippen molar-refractivity contribution >= 4 is 0 Å². The normalized spacial score (nSPS) is 30.7. The lowest BCUT2D eigenvalue weighted by Gasteiger charge is -2.17. The Morgan fingerprint density at radius 3 is 2.77 bits per heavy atom. The van der Waals surface area contributed by atoms with E-state index in [0.717, 1.165) is 38.6 Å². The minimum absolute atomic E-state index is 0.168. The van der Waals surface area contributed by atoms with Gasteiger partial charge in [-0.1, -0.05) is 6.92 Å². The second-order valence-electron chi connectivity index (χ2n) is 3.91. The fourth-order valence-electron chi connectivity index (χ4n) is 1.82. The summed E-state index contributed by atoms with van der Waals surface area (Å²) in [5.74, 6) is 0. The van der Waals surface area contributed by atoms with Gasteiger partial charge in [0.05, 0.1) is 12.2 Å². The number of hydrogen-bond donors (Lipinski definition) is 3. The van der Waals surface area contributed by atoms with Gasteiger partial charge in [-0.05, 0) is 38.6 Å². The predicted octanol–water partition coefficient (Wildman–Crippen LogP) is 0.650. The van der Waals surface area contributed by atoms with E-state index >= 15 is 0 Å². The zero-order valence-electron chi connectivity index (χ0n) is 8.37. The van der Waals surface area contributed by atoms with Crippen LogP contribution in [0.3, 0.4) is 0 Å². The number of nitrogens with one attached hydrogen (secondary N) is 1. The highest BCUT2D eigenvalue weighted by molar-refractivity contribution is 4.82. The maximum absolute atomic E-state index is 9.49. The molecule has 3 N–H and O–H groups in total. The highest BCUT2D eigenvalue weighted by Gasteiger charge is 2.24. The number of hydrogen-bond acceptors (Lipinski definition) is 3. The molecule has 1 unspecified atom stereocenters. The molecular formula is C10H21NO2. The van der Waals surface area contributed by atoms with Crippen LogP contribution in [0.15, 0.2) is 0 Å². The summed E-state index contributed by atoms with van der Waals surface area (Å²) in [5.41, 5.74) is 0. The molecule has 1 aliphatic rings. The maximum atomic E-state index is 9.49. The Hall–Kier alpha value is -0.120. The molecule has 0 radical (unpaired) electrons. The van der Waals surface area contributed by atoms with Crippen LogP contribution in [0.1, 0.15) is 39.0 Å². The summed E-state index contributed by atoms with van der Waals surface area (Å²) in [6, 6.07) is 0.268. The van der Waals surface area contributed by atoms with Crippen molar-refractivity contribution in [1.29, 1.82) is 0 Å². The molecule has 0 aromatic rings. The molecule has 0 amide bonds. The lowest BCUT2D eigenvalue weighted by atomic mass is 10.1. The van der Waals surface area contributed by atoms with Crippen LogP contribution in [-0.2, 0) is 0 Å². The minimum Gasteiger partial charge on any atom is -0.393 e. The van der Waals surface area contributed by atoms with E-state index in [1.807, 2.05) is 6.92 Å². The van der Waals surface area contributed by atoms with Crippen molar-refractivity contribution in [2.24, 2.45) is 0 Å². The van der Waals surface area contributed by atoms with Crippen molar-refractivity contribution in [3.05, 3.63) is 0 Å². The molecule has 0 heterocycles. The van der Waals surface area contributed by atoms with Gasteiger partial charge >= 0.3 is 0 Å². The van der Waals surface area contributed by atoms with Crippen molar-refractivity contribution in [2.45, 2.75) is 57.3 Å². The van der Waals surface area contributed by atoms with E-state index in [9.17, 15) is 10.2 Å². The Bertz CT molecular complexity index is 141. The monoisotopic (exact) mass is 187 g/mol. The number of aliphatic hydroxyl groups is 2. The molecule has 13 heavy (non-hydrogen) atoms. The van der Waals surface area contributed by atoms with Gasteiger partial charge in [0, 0.05) is 6.04 Å². The highest BCUT2D eigenvalue weighted by Crippen LogP contribution is 2.18. The van der Waals surface area contributed by atoms with Crippen LogP contribution in [0.5, 0.6) is 0 Å². The van der Waals surface area contributed by atoms with Gasteiger partial charge in [0.1, 0.15) is 0 Å². The average Bonchev–Trinajstić information content (AvgIpc) is 2.52. The predicted molar refractivity (Wildman–Crippen MR) is 52.6 cm³/mol. The molecule has 1 aliphatic carbocycles. The lowest BCUT2D eigenvalue weighted by Crippen LogP contribution is -2.37. The molecule has 0 bridgehead atoms. The summed E-state index contributed by atoms with van der Waals surface area (Å²) in [6.07, 6.45) is 4.37. The van der Waals surface area contributed by atoms with Gasteiger partial charge in [0.2, 0.25) is 0 Å². The number of aliphatic hydroxyl groups excluding tert-OH is 2. The molecule has 3 nitrogen and oxygen atoms in total. The van der Waals surface area contributed by atoms with Crippen molar-refractivity contribution in [1.82, 2.24) is 5.32 Å². The van der Waals surface area contributed by atoms with Gasteiger partial charge in [-0.3, -0.25) is 0 Å². The summed E-state index contributed by atoms with van der Waals surface area (Å²) < 4.78 is 0. The van der Waals surface area contributed by atoms with E-state index in [4.69, 9.17) is 0 Å². The zero-order valence-corrected chi connectivity index (χ0v) is 8.37. The largest absolute Gasteiger partial charge is 0.393 e. The quantitative estimate of drug-likeness (QED) is 0.592. The Kier molecular flexibility index (Phi) is 4.70. The first kappa shape index (κ1) is 11.0. The van der Waals surface area contributed by atoms with Gasteiger partial charge in [-0.25, -0.2) is 0 Å². The van der Waals surface area contributed by atoms with Crippen LogP contribution in [0.2, 0.25) is 0 Å². The van der Waals surface area contributed by atoms with Crippen molar-refractivity contribution in [2.75, 3.05) is 6.54 Å². The molecule has 3 atom stereocenters. The van der Waals surface area contributed by atoms with Crippen molar-refractivity contribution in [3.8, 4) is 0 Å². The average molecular weight is 187 g/mol. The Morgan fingerprint density at radius 2 is 2.23 bits per heavy atom. The maximum Gasteiger partial charge on any atom is 0.0693 e. The standard InChI is InChI=1S/C10H21NO2/c1-2-8(12)6-7-11-9-4-3-5-10(9)13/h8-13H,2-7H2,1H3/t8?,9-,10-/m1/s1. The fraction of sp³-hybridized carbons (Fsp3) is 1.00. The van der Waals surface area contributed by atoms with Crippen LogP contribution >= 0.6 is 0 Å². The molecule has 78 valence electrons. The van der Waals surface area contributed by atoms with Crippen LogP contribution in [0.25, 0.3) is 0 Å². The Morgan fingerprint density at radius 1 is 1.46 bits per heavy atom. The van der Waals surface area contributed by atoms with Gasteiger partial charge in [-0.2, -0.15) is 0 Å². The van der Waals surface area contributed by atoms with E-state index in [-0.39, 0.29) is 18.2 Å². The van der Waals surface area contributed by atoms with E-state index in [2.05, 4.69) is 5.32 Å². The lowest BCUT2D eigenvalue weighted by molar-refractivity contribution is 0.135. The first-order valence-corrected chi connectivity index (χ1v) is 5.33. The minimum atomic E-state index is -0.189. The smallest absolute Gasteiger partial charge is 0.0693 e. The molecule has 0 saturated heterocycles. The molecule has 0 aromatic carbocycles. The second-order valence-corrected chi connectivity index (χ2v) is 3.91. The van der Waals surface area contributed by atoms with Crippen molar-refractivity contribution < 1.29 is 10.2 Å². The van der Waals surface area contributed by atoms with Gasteiger partial charge in [0.25, 0.3) is 0 Å². The third-order valence-electron chi connectivity index (χ3n) is 2.83. The third-order valence-corrected chi connectivity index (χ3v) is 2.83. The first-order chi connectivity index (χ1) is 6.24. The van der Waals surface area contributed by atoms with Gasteiger partial charge in [0.15, 0.2) is 0 Å². The van der Waals surface area contributed by atoms with Gasteiger partial charge < -0.3 is 15.5 Å². The SMILES string of the molecule is CCC(O)CCN[C@@H]1CCC[C@H]1O. The zero-order chi connectivity index (χ0) is 9.68. The van der Waals surface area contributed by atoms with Gasteiger partial charge in [-0.15, -0.1) is 0 Å². The Balaban J connectivity index is 2.05. The first-order valence-electron chi connectivity index (χ1n) is 5.33. The highest BCUT2D eigenvalue weighted by atomic mass is 16.3. The summed E-state index contributed by atoms with van der Waals surface area (Å²) in [6.45, 7) is 2.80. The molecule has 1 rings (SSSR count). The molecular weight excluding hydrogens is 166 g/mol. The third kappa shape index (κ3) is 3.63. The van der Waals surface area contributed by atoms with E-state index in [1.54, 1.807) is 0 Å². The molecule has 0 aliphatic heterocycles. The fourth-order valence-corrected chi connectivity index (χ4v) is 1.82. The summed E-state index contributed by atoms with van der Waals surface area (Å²) in [4.78, 5) is 0. The van der Waals surface area contributed by atoms with E-state index < -0.39 is 0 Å². The molecule has 3 heteroatoms. The van der Waals surface area contributed by atoms with E-state index in [1.165, 1.54) is 0 Å². The molecule has 1 fully saturated rings. The van der Waals surface area contributed by atoms with E-state index in [0.29, 0.717) is 0 Å².